The normalized spacial score (nSPS) is 40.4. The number of ether oxygens (including phenoxy) is 1. The summed E-state index contributed by atoms with van der Waals surface area (Å²) in [6.07, 6.45) is -7.52. The van der Waals surface area contributed by atoms with Gasteiger partial charge in [-0.2, -0.15) is 0 Å². The second-order valence-electron chi connectivity index (χ2n) is 2.58. The summed E-state index contributed by atoms with van der Waals surface area (Å²) in [4.78, 5) is 21.2. The fourth-order valence-electron chi connectivity index (χ4n) is 0.946. The van der Waals surface area contributed by atoms with Crippen molar-refractivity contribution < 1.29 is 34.8 Å². The molecule has 13 heavy (non-hydrogen) atoms. The third-order valence-corrected chi connectivity index (χ3v) is 1.67. The fraction of sp³-hybridized carbons (Fsp3) is 0.667. The van der Waals surface area contributed by atoms with Gasteiger partial charge in [0.2, 0.25) is 11.9 Å². The minimum absolute atomic E-state index is 1.18. The Hall–Kier alpha value is -1.02. The number of carbonyl (C=O) groups is 2. The van der Waals surface area contributed by atoms with Gasteiger partial charge < -0.3 is 25.2 Å². The van der Waals surface area contributed by atoms with Gasteiger partial charge in [0.05, 0.1) is 0 Å². The average molecular weight is 192 g/mol. The van der Waals surface area contributed by atoms with E-state index in [0.29, 0.717) is 0 Å². The van der Waals surface area contributed by atoms with Crippen LogP contribution in [-0.4, -0.2) is 56.8 Å². The highest BCUT2D eigenvalue weighted by atomic mass is 16.6. The van der Waals surface area contributed by atoms with Gasteiger partial charge in [-0.3, -0.25) is 4.79 Å². The lowest BCUT2D eigenvalue weighted by molar-refractivity contribution is -0.237. The molecule has 74 valence electrons. The van der Waals surface area contributed by atoms with Gasteiger partial charge in [0.1, 0.15) is 12.2 Å². The van der Waals surface area contributed by atoms with Crippen LogP contribution in [0, 0.1) is 0 Å². The monoisotopic (exact) mass is 192 g/mol. The average Bonchev–Trinajstić information content (AvgIpc) is 2.07. The smallest absolute Gasteiger partial charge is 0.340 e. The minimum Gasteiger partial charge on any atom is -0.479 e. The molecule has 1 fully saturated rings. The van der Waals surface area contributed by atoms with E-state index in [2.05, 4.69) is 4.74 Å². The Kier molecular flexibility index (Phi) is 2.62. The molecule has 1 heterocycles. The number of aliphatic hydroxyl groups is 3. The molecule has 1 rings (SSSR count). The summed E-state index contributed by atoms with van der Waals surface area (Å²) in [5.41, 5.74) is 0. The van der Waals surface area contributed by atoms with Crippen molar-refractivity contribution >= 4 is 11.8 Å². The van der Waals surface area contributed by atoms with Crippen LogP contribution in [0.2, 0.25) is 0 Å². The van der Waals surface area contributed by atoms with Crippen molar-refractivity contribution in [3.63, 3.8) is 0 Å². The molecule has 0 aromatic rings. The van der Waals surface area contributed by atoms with E-state index >= 15 is 0 Å². The lowest BCUT2D eigenvalue weighted by Gasteiger charge is -2.30. The SMILES string of the molecule is O=C(O)[C@H]1O[C@@H](O)[C@H](O)[C@@H](O)C1=O. The molecule has 0 spiro atoms. The Balaban J connectivity index is 2.82. The van der Waals surface area contributed by atoms with Gasteiger partial charge in [0.15, 0.2) is 6.29 Å². The molecule has 0 aliphatic carbocycles. The van der Waals surface area contributed by atoms with Gasteiger partial charge in [-0.15, -0.1) is 0 Å². The Labute approximate surface area is 72.2 Å². The maximum Gasteiger partial charge on any atom is 0.340 e. The fourth-order valence-corrected chi connectivity index (χ4v) is 0.946. The van der Waals surface area contributed by atoms with Crippen molar-refractivity contribution in [1.82, 2.24) is 0 Å². The van der Waals surface area contributed by atoms with Crippen molar-refractivity contribution in [2.24, 2.45) is 0 Å². The molecule has 0 bridgehead atoms. The summed E-state index contributed by atoms with van der Waals surface area (Å²) in [7, 11) is 0. The van der Waals surface area contributed by atoms with Gasteiger partial charge in [-0.05, 0) is 0 Å². The maximum atomic E-state index is 10.9. The number of rotatable bonds is 1. The van der Waals surface area contributed by atoms with Gasteiger partial charge in [0.25, 0.3) is 0 Å². The zero-order valence-electron chi connectivity index (χ0n) is 6.32. The summed E-state index contributed by atoms with van der Waals surface area (Å²) in [6.45, 7) is 0. The standard InChI is InChI=1S/C6H8O7/c7-1-2(8)4(5(10)11)13-6(12)3(1)9/h1,3-4,6-7,9,12H,(H,10,11)/t1-,3+,4-,6+/m0/s1. The van der Waals surface area contributed by atoms with Crippen molar-refractivity contribution in [3.8, 4) is 0 Å². The predicted molar refractivity (Wildman–Crippen MR) is 35.5 cm³/mol. The highest BCUT2D eigenvalue weighted by Crippen LogP contribution is 2.15. The van der Waals surface area contributed by atoms with Crippen LogP contribution in [-0.2, 0) is 14.3 Å². The van der Waals surface area contributed by atoms with Crippen LogP contribution in [0.4, 0.5) is 0 Å². The Morgan fingerprint density at radius 2 is 1.85 bits per heavy atom. The molecule has 1 aliphatic rings. The quantitative estimate of drug-likeness (QED) is 0.328. The van der Waals surface area contributed by atoms with Crippen molar-refractivity contribution in [1.29, 1.82) is 0 Å². The summed E-state index contributed by atoms with van der Waals surface area (Å²) < 4.78 is 4.24. The molecule has 0 saturated carbocycles. The first-order chi connectivity index (χ1) is 5.95. The Morgan fingerprint density at radius 1 is 1.31 bits per heavy atom. The number of ketones is 1. The van der Waals surface area contributed by atoms with E-state index in [1.165, 1.54) is 0 Å². The number of aliphatic hydroxyl groups excluding tert-OH is 3. The Bertz CT molecular complexity index is 237. The number of aliphatic carboxylic acids is 1. The van der Waals surface area contributed by atoms with Crippen molar-refractivity contribution in [2.45, 2.75) is 24.6 Å². The van der Waals surface area contributed by atoms with Crippen molar-refractivity contribution in [2.75, 3.05) is 0 Å². The van der Waals surface area contributed by atoms with Crippen LogP contribution >= 0.6 is 0 Å². The third kappa shape index (κ3) is 1.68. The summed E-state index contributed by atoms with van der Waals surface area (Å²) in [5.74, 6) is -2.79. The molecule has 0 aromatic heterocycles. The second kappa shape index (κ2) is 3.38. The predicted octanol–water partition coefficient (Wildman–Crippen LogP) is -2.92. The molecule has 7 heteroatoms. The van der Waals surface area contributed by atoms with Crippen molar-refractivity contribution in [3.05, 3.63) is 0 Å². The van der Waals surface area contributed by atoms with Crippen LogP contribution in [0.15, 0.2) is 0 Å². The molecule has 0 aromatic carbocycles. The van der Waals surface area contributed by atoms with E-state index < -0.39 is 36.4 Å². The largest absolute Gasteiger partial charge is 0.479 e. The van der Waals surface area contributed by atoms with Crippen LogP contribution < -0.4 is 0 Å². The van der Waals surface area contributed by atoms with E-state index in [1.54, 1.807) is 0 Å². The van der Waals surface area contributed by atoms with Crippen LogP contribution in [0.3, 0.4) is 0 Å². The molecule has 0 radical (unpaired) electrons. The number of hydrogen-bond donors (Lipinski definition) is 4. The van der Waals surface area contributed by atoms with Crippen LogP contribution in [0.1, 0.15) is 0 Å². The second-order valence-corrected chi connectivity index (χ2v) is 2.58. The molecular weight excluding hydrogens is 184 g/mol. The molecule has 7 nitrogen and oxygen atoms in total. The van der Waals surface area contributed by atoms with E-state index in [9.17, 15) is 9.59 Å². The first-order valence-corrected chi connectivity index (χ1v) is 3.41. The molecule has 0 unspecified atom stereocenters. The molecule has 1 aliphatic heterocycles. The highest BCUT2D eigenvalue weighted by molar-refractivity contribution is 6.04. The first-order valence-electron chi connectivity index (χ1n) is 3.41. The van der Waals surface area contributed by atoms with Crippen LogP contribution in [0.5, 0.6) is 0 Å². The number of carbonyl (C=O) groups excluding carboxylic acids is 1. The van der Waals surface area contributed by atoms with Gasteiger partial charge in [0, 0.05) is 0 Å². The van der Waals surface area contributed by atoms with Gasteiger partial charge in [-0.25, -0.2) is 4.79 Å². The number of carboxylic acid groups (broad SMARTS) is 1. The molecular formula is C6H8O7. The number of carboxylic acids is 1. The number of Topliss-reactive ketones (excluding diaryl/α,β-unsaturated/α-hetero) is 1. The van der Waals surface area contributed by atoms with Gasteiger partial charge in [-0.1, -0.05) is 0 Å². The topological polar surface area (TPSA) is 124 Å². The lowest BCUT2D eigenvalue weighted by Crippen LogP contribution is -2.57. The molecule has 4 N–H and O–H groups in total. The van der Waals surface area contributed by atoms with Crippen LogP contribution in [0.25, 0.3) is 0 Å². The highest BCUT2D eigenvalue weighted by Gasteiger charge is 2.45. The minimum atomic E-state index is -1.93. The summed E-state index contributed by atoms with van der Waals surface area (Å²) >= 11 is 0. The zero-order chi connectivity index (χ0) is 10.2. The van der Waals surface area contributed by atoms with E-state index in [0.717, 1.165) is 0 Å². The summed E-state index contributed by atoms with van der Waals surface area (Å²) in [5, 5.41) is 35.0. The Morgan fingerprint density at radius 3 is 2.31 bits per heavy atom. The zero-order valence-corrected chi connectivity index (χ0v) is 6.32. The van der Waals surface area contributed by atoms with E-state index in [-0.39, 0.29) is 0 Å². The maximum absolute atomic E-state index is 10.9. The first kappa shape index (κ1) is 10.1. The molecule has 4 atom stereocenters. The molecule has 1 saturated heterocycles. The summed E-state index contributed by atoms with van der Waals surface area (Å²) in [6, 6.07) is 0. The number of hydrogen-bond acceptors (Lipinski definition) is 6. The lowest BCUT2D eigenvalue weighted by atomic mass is 10.0. The molecule has 0 amide bonds. The van der Waals surface area contributed by atoms with E-state index in [1.807, 2.05) is 0 Å². The van der Waals surface area contributed by atoms with Gasteiger partial charge >= 0.3 is 5.97 Å². The third-order valence-electron chi connectivity index (χ3n) is 1.67. The van der Waals surface area contributed by atoms with E-state index in [4.69, 9.17) is 20.4 Å².